The first kappa shape index (κ1) is 17.8. The number of para-hydroxylation sites is 1. The normalized spacial score (nSPS) is 21.1. The van der Waals surface area contributed by atoms with E-state index in [-0.39, 0.29) is 0 Å². The van der Waals surface area contributed by atoms with Crippen molar-refractivity contribution in [1.82, 2.24) is 10.2 Å². The third-order valence-corrected chi connectivity index (χ3v) is 5.71. The number of rotatable bonds is 3. The fraction of sp³-hybridized carbons (Fsp3) is 0.550. The Morgan fingerprint density at radius 3 is 2.60 bits per heavy atom. The molecule has 2 saturated carbocycles. The van der Waals surface area contributed by atoms with Gasteiger partial charge in [0.15, 0.2) is 0 Å². The van der Waals surface area contributed by atoms with Crippen molar-refractivity contribution in [1.29, 1.82) is 0 Å². The maximum Gasteiger partial charge on any atom is 0.149 e. The van der Waals surface area contributed by atoms with Crippen LogP contribution in [0.3, 0.4) is 0 Å². The zero-order valence-corrected chi connectivity index (χ0v) is 15.3. The molecule has 2 aromatic rings. The standard InChI is InChI=1S/C10H11N3O.C10H18O/c1-14-10-8(3-2-4-9(10)11)7-5-12-13-6-7;1-11-9-4-7-10(8-9)5-2-3-6-10/h2-6H,11H2,1H3,(H,12,13);9H,2-8H2,1H3. The summed E-state index contributed by atoms with van der Waals surface area (Å²) in [6.07, 6.45) is 14.1. The summed E-state index contributed by atoms with van der Waals surface area (Å²) in [6, 6.07) is 5.64. The molecule has 0 bridgehead atoms. The molecule has 1 unspecified atom stereocenters. The second-order valence-corrected chi connectivity index (χ2v) is 7.22. The van der Waals surface area contributed by atoms with Crippen LogP contribution in [-0.2, 0) is 4.74 Å². The molecular formula is C20H29N3O2. The molecule has 1 aromatic carbocycles. The molecular weight excluding hydrogens is 314 g/mol. The zero-order chi connectivity index (χ0) is 17.7. The van der Waals surface area contributed by atoms with Gasteiger partial charge < -0.3 is 15.2 Å². The number of aromatic nitrogens is 2. The van der Waals surface area contributed by atoms with E-state index in [1.165, 1.54) is 44.9 Å². The Morgan fingerprint density at radius 1 is 1.20 bits per heavy atom. The Hall–Kier alpha value is -2.01. The summed E-state index contributed by atoms with van der Waals surface area (Å²) in [5.74, 6) is 0.689. The molecule has 2 aliphatic rings. The Labute approximate surface area is 149 Å². The minimum absolute atomic E-state index is 0.591. The van der Waals surface area contributed by atoms with E-state index in [1.807, 2.05) is 25.3 Å². The van der Waals surface area contributed by atoms with Crippen LogP contribution in [-0.4, -0.2) is 30.5 Å². The number of hydrogen-bond donors (Lipinski definition) is 2. The Kier molecular flexibility index (Phi) is 5.63. The number of benzene rings is 1. The molecule has 4 rings (SSSR count). The van der Waals surface area contributed by atoms with Gasteiger partial charge in [0.2, 0.25) is 0 Å². The molecule has 0 saturated heterocycles. The second kappa shape index (κ2) is 7.91. The van der Waals surface area contributed by atoms with Gasteiger partial charge in [0.25, 0.3) is 0 Å². The molecule has 2 aliphatic carbocycles. The highest BCUT2D eigenvalue weighted by Gasteiger charge is 2.40. The van der Waals surface area contributed by atoms with Crippen LogP contribution in [0.25, 0.3) is 11.1 Å². The number of nitrogens with two attached hydrogens (primary N) is 1. The number of nitrogen functional groups attached to an aromatic ring is 1. The van der Waals surface area contributed by atoms with Crippen molar-refractivity contribution >= 4 is 5.69 Å². The molecule has 1 atom stereocenters. The van der Waals surface area contributed by atoms with Crippen molar-refractivity contribution in [2.75, 3.05) is 20.0 Å². The minimum atomic E-state index is 0.591. The highest BCUT2D eigenvalue weighted by Crippen LogP contribution is 2.51. The van der Waals surface area contributed by atoms with Gasteiger partial charge in [-0.25, -0.2) is 0 Å². The third-order valence-electron chi connectivity index (χ3n) is 5.71. The van der Waals surface area contributed by atoms with Crippen LogP contribution in [0.15, 0.2) is 30.6 Å². The van der Waals surface area contributed by atoms with Crippen LogP contribution < -0.4 is 10.5 Å². The summed E-state index contributed by atoms with van der Waals surface area (Å²) < 4.78 is 10.6. The van der Waals surface area contributed by atoms with Crippen molar-refractivity contribution in [3.05, 3.63) is 30.6 Å². The van der Waals surface area contributed by atoms with E-state index >= 15 is 0 Å². The average molecular weight is 343 g/mol. The third kappa shape index (κ3) is 3.98. The fourth-order valence-electron chi connectivity index (χ4n) is 4.34. The maximum absolute atomic E-state index is 5.78. The molecule has 0 aliphatic heterocycles. The SMILES string of the molecule is COC1CCC2(CCCC2)C1.COc1c(N)cccc1-c1cn[nH]c1. The van der Waals surface area contributed by atoms with E-state index in [0.717, 1.165) is 16.5 Å². The van der Waals surface area contributed by atoms with Crippen LogP contribution in [0.5, 0.6) is 5.75 Å². The Morgan fingerprint density at radius 2 is 2.00 bits per heavy atom. The molecule has 5 nitrogen and oxygen atoms in total. The Balaban J connectivity index is 0.000000150. The summed E-state index contributed by atoms with van der Waals surface area (Å²) in [5, 5.41) is 6.63. The fourth-order valence-corrected chi connectivity index (χ4v) is 4.34. The van der Waals surface area contributed by atoms with Crippen LogP contribution >= 0.6 is 0 Å². The highest BCUT2D eigenvalue weighted by atomic mass is 16.5. The zero-order valence-electron chi connectivity index (χ0n) is 15.3. The van der Waals surface area contributed by atoms with Gasteiger partial charge in [0.05, 0.1) is 25.1 Å². The van der Waals surface area contributed by atoms with Crippen LogP contribution in [0, 0.1) is 5.41 Å². The number of nitrogens with one attached hydrogen (secondary N) is 1. The van der Waals surface area contributed by atoms with Crippen LogP contribution in [0.1, 0.15) is 44.9 Å². The number of nitrogens with zero attached hydrogens (tertiary/aromatic N) is 1. The van der Waals surface area contributed by atoms with Crippen LogP contribution in [0.2, 0.25) is 0 Å². The van der Waals surface area contributed by atoms with Gasteiger partial charge in [-0.2, -0.15) is 5.10 Å². The van der Waals surface area contributed by atoms with Gasteiger partial charge in [0.1, 0.15) is 5.75 Å². The molecule has 2 fully saturated rings. The highest BCUT2D eigenvalue weighted by molar-refractivity contribution is 5.76. The molecule has 3 N–H and O–H groups in total. The molecule has 136 valence electrons. The maximum atomic E-state index is 5.78. The topological polar surface area (TPSA) is 73.2 Å². The van der Waals surface area contributed by atoms with Gasteiger partial charge in [-0.15, -0.1) is 0 Å². The summed E-state index contributed by atoms with van der Waals surface area (Å²) >= 11 is 0. The lowest BCUT2D eigenvalue weighted by molar-refractivity contribution is 0.0958. The number of anilines is 1. The van der Waals surface area contributed by atoms with Crippen LogP contribution in [0.4, 0.5) is 5.69 Å². The average Bonchev–Trinajstić information content (AvgIpc) is 3.38. The molecule has 5 heteroatoms. The van der Waals surface area contributed by atoms with E-state index in [2.05, 4.69) is 10.2 Å². The summed E-state index contributed by atoms with van der Waals surface area (Å²) in [6.45, 7) is 0. The van der Waals surface area contributed by atoms with Crippen molar-refractivity contribution in [2.24, 2.45) is 5.41 Å². The number of aromatic amines is 1. The molecule has 1 aromatic heterocycles. The summed E-state index contributed by atoms with van der Waals surface area (Å²) in [4.78, 5) is 0. The molecule has 0 amide bonds. The summed E-state index contributed by atoms with van der Waals surface area (Å²) in [7, 11) is 3.47. The Bertz CT molecular complexity index is 664. The number of H-pyrrole nitrogens is 1. The van der Waals surface area contributed by atoms with Gasteiger partial charge in [-0.05, 0) is 43.6 Å². The van der Waals surface area contributed by atoms with Crippen molar-refractivity contribution in [3.63, 3.8) is 0 Å². The van der Waals surface area contributed by atoms with E-state index in [9.17, 15) is 0 Å². The number of ether oxygens (including phenoxy) is 2. The first-order valence-electron chi connectivity index (χ1n) is 9.12. The molecule has 1 spiro atoms. The lowest BCUT2D eigenvalue weighted by Gasteiger charge is -2.21. The summed E-state index contributed by atoms with van der Waals surface area (Å²) in [5.41, 5.74) is 9.06. The van der Waals surface area contributed by atoms with Gasteiger partial charge >= 0.3 is 0 Å². The first-order chi connectivity index (χ1) is 12.2. The van der Waals surface area contributed by atoms with E-state index < -0.39 is 0 Å². The van der Waals surface area contributed by atoms with E-state index in [4.69, 9.17) is 15.2 Å². The van der Waals surface area contributed by atoms with Gasteiger partial charge in [0, 0.05) is 24.4 Å². The number of hydrogen-bond acceptors (Lipinski definition) is 4. The van der Waals surface area contributed by atoms with Crippen molar-refractivity contribution in [2.45, 2.75) is 51.0 Å². The van der Waals surface area contributed by atoms with Crippen molar-refractivity contribution in [3.8, 4) is 16.9 Å². The lowest BCUT2D eigenvalue weighted by atomic mass is 9.85. The predicted molar refractivity (Wildman–Crippen MR) is 101 cm³/mol. The monoisotopic (exact) mass is 343 g/mol. The predicted octanol–water partition coefficient (Wildman–Crippen LogP) is 4.41. The van der Waals surface area contributed by atoms with Gasteiger partial charge in [-0.1, -0.05) is 25.0 Å². The largest absolute Gasteiger partial charge is 0.494 e. The second-order valence-electron chi connectivity index (χ2n) is 7.22. The van der Waals surface area contributed by atoms with E-state index in [0.29, 0.717) is 17.5 Å². The lowest BCUT2D eigenvalue weighted by Crippen LogP contribution is -2.13. The van der Waals surface area contributed by atoms with E-state index in [1.54, 1.807) is 19.5 Å². The van der Waals surface area contributed by atoms with Gasteiger partial charge in [-0.3, -0.25) is 5.10 Å². The van der Waals surface area contributed by atoms with Crippen molar-refractivity contribution < 1.29 is 9.47 Å². The molecule has 1 heterocycles. The smallest absolute Gasteiger partial charge is 0.149 e. The minimum Gasteiger partial charge on any atom is -0.494 e. The molecule has 0 radical (unpaired) electrons. The first-order valence-corrected chi connectivity index (χ1v) is 9.12. The number of methoxy groups -OCH3 is 2. The quantitative estimate of drug-likeness (QED) is 0.810. The molecule has 25 heavy (non-hydrogen) atoms.